The fraction of sp³-hybridized carbons (Fsp3) is 0.286. The second-order valence-electron chi connectivity index (χ2n) is 6.83. The summed E-state index contributed by atoms with van der Waals surface area (Å²) in [6.07, 6.45) is 1.66. The molecule has 0 radical (unpaired) electrons. The Hall–Kier alpha value is -3.06. The van der Waals surface area contributed by atoms with Gasteiger partial charge in [-0.3, -0.25) is 9.59 Å². The summed E-state index contributed by atoms with van der Waals surface area (Å²) < 4.78 is 19.8. The molecule has 1 saturated heterocycles. The van der Waals surface area contributed by atoms with Gasteiger partial charge in [-0.1, -0.05) is 24.3 Å². The van der Waals surface area contributed by atoms with Crippen LogP contribution in [0.4, 0.5) is 4.39 Å². The minimum atomic E-state index is -0.579. The van der Waals surface area contributed by atoms with Gasteiger partial charge in [0, 0.05) is 13.2 Å². The maximum Gasteiger partial charge on any atom is 0.258 e. The first-order valence-electron chi connectivity index (χ1n) is 9.25. The molecule has 3 aromatic rings. The highest BCUT2D eigenvalue weighted by atomic mass is 19.1. The lowest BCUT2D eigenvalue weighted by atomic mass is 10.1. The van der Waals surface area contributed by atoms with Crippen LogP contribution >= 0.6 is 0 Å². The zero-order chi connectivity index (χ0) is 19.5. The van der Waals surface area contributed by atoms with Crippen LogP contribution in [0.5, 0.6) is 0 Å². The number of benzene rings is 2. The predicted octanol–water partition coefficient (Wildman–Crippen LogP) is 2.88. The molecule has 1 fully saturated rings. The van der Waals surface area contributed by atoms with Gasteiger partial charge < -0.3 is 14.6 Å². The molecular weight excluding hydrogens is 361 g/mol. The first-order chi connectivity index (χ1) is 13.6. The summed E-state index contributed by atoms with van der Waals surface area (Å²) in [7, 11) is 0. The Balaban J connectivity index is 1.66. The van der Waals surface area contributed by atoms with E-state index in [4.69, 9.17) is 4.74 Å². The Morgan fingerprint density at radius 1 is 1.21 bits per heavy atom. The molecule has 1 atom stereocenters. The number of hydrogen-bond donors (Lipinski definition) is 1. The number of carbonyl (C=O) groups is 1. The number of carbonyl (C=O) groups excluding carboxylic acids is 1. The number of halogens is 1. The van der Waals surface area contributed by atoms with E-state index in [9.17, 15) is 14.0 Å². The predicted molar refractivity (Wildman–Crippen MR) is 102 cm³/mol. The van der Waals surface area contributed by atoms with Gasteiger partial charge in [-0.15, -0.1) is 0 Å². The van der Waals surface area contributed by atoms with Gasteiger partial charge in [0.05, 0.1) is 29.1 Å². The second-order valence-corrected chi connectivity index (χ2v) is 6.83. The summed E-state index contributed by atoms with van der Waals surface area (Å²) in [5.74, 6) is -0.680. The molecule has 1 N–H and O–H groups in total. The summed E-state index contributed by atoms with van der Waals surface area (Å²) in [5.41, 5.74) is 0.274. The number of aromatic amines is 1. The Labute approximate surface area is 161 Å². The van der Waals surface area contributed by atoms with Crippen LogP contribution in [-0.2, 0) is 11.3 Å². The normalized spacial score (nSPS) is 16.4. The Morgan fingerprint density at radius 3 is 2.79 bits per heavy atom. The van der Waals surface area contributed by atoms with E-state index in [1.54, 1.807) is 36.4 Å². The topological polar surface area (TPSA) is 75.3 Å². The first-order valence-corrected chi connectivity index (χ1v) is 9.25. The maximum atomic E-state index is 14.2. The largest absolute Gasteiger partial charge is 0.376 e. The molecule has 1 aliphatic rings. The Morgan fingerprint density at radius 2 is 2.00 bits per heavy atom. The molecular formula is C21H20FN3O3. The second kappa shape index (κ2) is 7.90. The molecule has 0 bridgehead atoms. The molecule has 28 heavy (non-hydrogen) atoms. The van der Waals surface area contributed by atoms with Gasteiger partial charge in [0.15, 0.2) is 0 Å². The van der Waals surface area contributed by atoms with Gasteiger partial charge in [0.1, 0.15) is 11.6 Å². The van der Waals surface area contributed by atoms with Crippen molar-refractivity contribution in [3.05, 3.63) is 76.1 Å². The number of amides is 1. The zero-order valence-corrected chi connectivity index (χ0v) is 15.2. The van der Waals surface area contributed by atoms with Crippen molar-refractivity contribution in [3.63, 3.8) is 0 Å². The van der Waals surface area contributed by atoms with E-state index in [1.807, 2.05) is 0 Å². The van der Waals surface area contributed by atoms with Crippen molar-refractivity contribution in [3.8, 4) is 0 Å². The fourth-order valence-electron chi connectivity index (χ4n) is 3.45. The van der Waals surface area contributed by atoms with Crippen molar-refractivity contribution in [2.24, 2.45) is 0 Å². The van der Waals surface area contributed by atoms with E-state index >= 15 is 0 Å². The molecule has 6 nitrogen and oxygen atoms in total. The number of hydrogen-bond acceptors (Lipinski definition) is 4. The van der Waals surface area contributed by atoms with E-state index < -0.39 is 11.7 Å². The third-order valence-corrected chi connectivity index (χ3v) is 4.84. The van der Waals surface area contributed by atoms with E-state index in [1.165, 1.54) is 17.0 Å². The lowest BCUT2D eigenvalue weighted by molar-refractivity contribution is 0.0497. The maximum absolute atomic E-state index is 14.2. The van der Waals surface area contributed by atoms with Gasteiger partial charge in [-0.25, -0.2) is 9.37 Å². The lowest BCUT2D eigenvalue weighted by Crippen LogP contribution is -2.38. The van der Waals surface area contributed by atoms with E-state index in [-0.39, 0.29) is 23.8 Å². The minimum Gasteiger partial charge on any atom is -0.376 e. The number of para-hydroxylation sites is 1. The van der Waals surface area contributed by atoms with Gasteiger partial charge in [-0.2, -0.15) is 0 Å². The quantitative estimate of drug-likeness (QED) is 0.737. The van der Waals surface area contributed by atoms with Gasteiger partial charge in [0.25, 0.3) is 11.5 Å². The number of fused-ring (bicyclic) bond motifs is 1. The Kier molecular flexibility index (Phi) is 5.16. The van der Waals surface area contributed by atoms with Crippen LogP contribution in [0.15, 0.2) is 53.3 Å². The van der Waals surface area contributed by atoms with Crippen molar-refractivity contribution >= 4 is 16.8 Å². The van der Waals surface area contributed by atoms with Crippen LogP contribution in [0.2, 0.25) is 0 Å². The molecule has 0 unspecified atom stereocenters. The SMILES string of the molecule is O=C(c1ccccc1F)N(Cc1nc2ccccc2c(=O)[nH]1)C[C@@H]1CCCO1. The van der Waals surface area contributed by atoms with E-state index in [0.29, 0.717) is 29.9 Å². The Bertz CT molecular complexity index is 1060. The van der Waals surface area contributed by atoms with Crippen molar-refractivity contribution < 1.29 is 13.9 Å². The summed E-state index contributed by atoms with van der Waals surface area (Å²) in [5, 5.41) is 0.484. The first kappa shape index (κ1) is 18.3. The number of rotatable bonds is 5. The molecule has 0 spiro atoms. The standard InChI is InChI=1S/C21H20FN3O3/c22-17-9-3-1-7-15(17)21(27)25(12-14-6-5-11-28-14)13-19-23-18-10-4-2-8-16(18)20(26)24-19/h1-4,7-10,14H,5-6,11-13H2,(H,23,24,26)/t14-/m0/s1. The van der Waals surface area contributed by atoms with E-state index in [0.717, 1.165) is 12.8 Å². The van der Waals surface area contributed by atoms with Crippen LogP contribution in [0.1, 0.15) is 29.0 Å². The number of H-pyrrole nitrogens is 1. The highest BCUT2D eigenvalue weighted by molar-refractivity contribution is 5.94. The minimum absolute atomic E-state index is 0.0105. The van der Waals surface area contributed by atoms with Crippen LogP contribution in [0.3, 0.4) is 0 Å². The lowest BCUT2D eigenvalue weighted by Gasteiger charge is -2.25. The number of nitrogens with zero attached hydrogens (tertiary/aromatic N) is 2. The van der Waals surface area contributed by atoms with Crippen molar-refractivity contribution in [1.29, 1.82) is 0 Å². The highest BCUT2D eigenvalue weighted by Crippen LogP contribution is 2.18. The van der Waals surface area contributed by atoms with Crippen molar-refractivity contribution in [1.82, 2.24) is 14.9 Å². The molecule has 2 heterocycles. The van der Waals surface area contributed by atoms with Crippen LogP contribution in [0, 0.1) is 5.82 Å². The molecule has 1 aromatic heterocycles. The number of ether oxygens (including phenoxy) is 1. The third kappa shape index (κ3) is 3.80. The molecule has 2 aromatic carbocycles. The smallest absolute Gasteiger partial charge is 0.258 e. The highest BCUT2D eigenvalue weighted by Gasteiger charge is 2.26. The van der Waals surface area contributed by atoms with Crippen LogP contribution in [0.25, 0.3) is 10.9 Å². The molecule has 144 valence electrons. The fourth-order valence-corrected chi connectivity index (χ4v) is 3.45. The number of aromatic nitrogens is 2. The molecule has 0 aliphatic carbocycles. The van der Waals surface area contributed by atoms with Crippen molar-refractivity contribution in [2.45, 2.75) is 25.5 Å². The molecule has 7 heteroatoms. The summed E-state index contributed by atoms with van der Waals surface area (Å²) in [4.78, 5) is 34.0. The summed E-state index contributed by atoms with van der Waals surface area (Å²) in [6.45, 7) is 1.02. The monoisotopic (exact) mass is 381 g/mol. The van der Waals surface area contributed by atoms with Gasteiger partial charge >= 0.3 is 0 Å². The molecule has 4 rings (SSSR count). The van der Waals surface area contributed by atoms with E-state index in [2.05, 4.69) is 9.97 Å². The summed E-state index contributed by atoms with van der Waals surface area (Å²) >= 11 is 0. The van der Waals surface area contributed by atoms with Crippen LogP contribution < -0.4 is 5.56 Å². The number of nitrogens with one attached hydrogen (secondary N) is 1. The zero-order valence-electron chi connectivity index (χ0n) is 15.2. The average Bonchev–Trinajstić information content (AvgIpc) is 3.21. The third-order valence-electron chi connectivity index (χ3n) is 4.84. The van der Waals surface area contributed by atoms with Crippen molar-refractivity contribution in [2.75, 3.05) is 13.2 Å². The average molecular weight is 381 g/mol. The molecule has 0 saturated carbocycles. The van der Waals surface area contributed by atoms with Gasteiger partial charge in [-0.05, 0) is 37.1 Å². The van der Waals surface area contributed by atoms with Gasteiger partial charge in [0.2, 0.25) is 0 Å². The molecule has 1 amide bonds. The summed E-state index contributed by atoms with van der Waals surface area (Å²) in [6, 6.07) is 12.9. The molecule has 1 aliphatic heterocycles. The van der Waals surface area contributed by atoms with Crippen LogP contribution in [-0.4, -0.2) is 40.0 Å².